The highest BCUT2D eigenvalue weighted by Crippen LogP contribution is 2.50. The molecule has 7 heteroatoms. The molecule has 1 unspecified atom stereocenters. The molecule has 152 valence electrons. The zero-order valence-corrected chi connectivity index (χ0v) is 18.0. The summed E-state index contributed by atoms with van der Waals surface area (Å²) in [5.74, 6) is 1.02. The van der Waals surface area contributed by atoms with Crippen LogP contribution in [0.3, 0.4) is 0 Å². The Kier molecular flexibility index (Phi) is 6.06. The molecule has 2 heterocycles. The standard InChI is InChI=1S/C20H31F2N2OPS/c21-20(22,26)14-25-18-23-16-5-11-24(12-6-17(16)27-18)13-10-19-7-1-2-15(3-8-19)4-9-19/h15H,1-14,26H2. The van der Waals surface area contributed by atoms with Crippen LogP contribution in [-0.2, 0) is 12.8 Å². The summed E-state index contributed by atoms with van der Waals surface area (Å²) < 4.78 is 31.1. The van der Waals surface area contributed by atoms with Gasteiger partial charge in [-0.15, -0.1) is 0 Å². The first-order valence-electron chi connectivity index (χ1n) is 10.4. The fourth-order valence-electron chi connectivity index (χ4n) is 5.19. The number of ether oxygens (including phenoxy) is 1. The van der Waals surface area contributed by atoms with Crippen molar-refractivity contribution in [2.24, 2.45) is 11.3 Å². The Bertz CT molecular complexity index is 609. The van der Waals surface area contributed by atoms with Crippen LogP contribution in [0.25, 0.3) is 0 Å². The van der Waals surface area contributed by atoms with Gasteiger partial charge in [-0.2, -0.15) is 8.78 Å². The first kappa shape index (κ1) is 20.0. The van der Waals surface area contributed by atoms with Crippen molar-refractivity contribution < 1.29 is 13.5 Å². The summed E-state index contributed by atoms with van der Waals surface area (Å²) in [6.07, 6.45) is 13.4. The van der Waals surface area contributed by atoms with Crippen LogP contribution in [0.5, 0.6) is 5.19 Å². The molecule has 4 aliphatic rings. The van der Waals surface area contributed by atoms with Crippen molar-refractivity contribution in [2.45, 2.75) is 69.9 Å². The van der Waals surface area contributed by atoms with E-state index < -0.39 is 12.3 Å². The van der Waals surface area contributed by atoms with Crippen LogP contribution in [0.2, 0.25) is 0 Å². The molecular weight excluding hydrogens is 385 g/mol. The maximum absolute atomic E-state index is 12.9. The number of nitrogens with zero attached hydrogens (tertiary/aromatic N) is 2. The molecule has 0 N–H and O–H groups in total. The quantitative estimate of drug-likeness (QED) is 0.601. The van der Waals surface area contributed by atoms with Crippen molar-refractivity contribution in [1.82, 2.24) is 9.88 Å². The molecule has 1 aromatic heterocycles. The van der Waals surface area contributed by atoms with Gasteiger partial charge in [-0.1, -0.05) is 33.4 Å². The van der Waals surface area contributed by atoms with E-state index >= 15 is 0 Å². The van der Waals surface area contributed by atoms with E-state index in [4.69, 9.17) is 4.74 Å². The normalized spacial score (nSPS) is 29.2. The van der Waals surface area contributed by atoms with Gasteiger partial charge in [0.2, 0.25) is 0 Å². The van der Waals surface area contributed by atoms with Crippen LogP contribution in [0.15, 0.2) is 0 Å². The van der Waals surface area contributed by atoms with Gasteiger partial charge in [0.25, 0.3) is 10.9 Å². The third kappa shape index (κ3) is 5.19. The number of hydrogen-bond donors (Lipinski definition) is 0. The summed E-state index contributed by atoms with van der Waals surface area (Å²) in [6.45, 7) is 2.64. The molecule has 0 spiro atoms. The molecular formula is C20H31F2N2OPS. The lowest BCUT2D eigenvalue weighted by Crippen LogP contribution is -2.33. The lowest BCUT2D eigenvalue weighted by atomic mass is 9.69. The molecule has 0 saturated heterocycles. The predicted octanol–water partition coefficient (Wildman–Crippen LogP) is 5.14. The maximum Gasteiger partial charge on any atom is 0.292 e. The number of rotatable bonds is 6. The second kappa shape index (κ2) is 8.20. The molecule has 1 atom stereocenters. The van der Waals surface area contributed by atoms with E-state index in [1.54, 1.807) is 0 Å². The molecule has 3 fully saturated rings. The first-order chi connectivity index (χ1) is 12.9. The van der Waals surface area contributed by atoms with Crippen molar-refractivity contribution >= 4 is 20.6 Å². The molecule has 27 heavy (non-hydrogen) atoms. The summed E-state index contributed by atoms with van der Waals surface area (Å²) in [5.41, 5.74) is -1.22. The van der Waals surface area contributed by atoms with Gasteiger partial charge in [0.15, 0.2) is 6.61 Å². The third-order valence-electron chi connectivity index (χ3n) is 6.91. The third-order valence-corrected chi connectivity index (χ3v) is 8.15. The van der Waals surface area contributed by atoms with Crippen LogP contribution in [0.4, 0.5) is 8.78 Å². The molecule has 1 aromatic rings. The van der Waals surface area contributed by atoms with Crippen molar-refractivity contribution in [1.29, 1.82) is 0 Å². The van der Waals surface area contributed by atoms with Crippen LogP contribution in [0.1, 0.15) is 61.9 Å². The fraction of sp³-hybridized carbons (Fsp3) is 0.850. The Balaban J connectivity index is 1.28. The van der Waals surface area contributed by atoms with Crippen LogP contribution >= 0.6 is 20.6 Å². The van der Waals surface area contributed by atoms with Gasteiger partial charge in [-0.25, -0.2) is 4.98 Å². The molecule has 3 saturated carbocycles. The fourth-order valence-corrected chi connectivity index (χ4v) is 6.22. The number of aromatic nitrogens is 1. The molecule has 0 aromatic carbocycles. The number of hydrogen-bond acceptors (Lipinski definition) is 4. The van der Waals surface area contributed by atoms with E-state index in [0.29, 0.717) is 10.6 Å². The van der Waals surface area contributed by atoms with Gasteiger partial charge in [0.1, 0.15) is 0 Å². The Morgan fingerprint density at radius 3 is 2.74 bits per heavy atom. The van der Waals surface area contributed by atoms with E-state index in [2.05, 4.69) is 9.88 Å². The minimum absolute atomic E-state index is 0.393. The predicted molar refractivity (Wildman–Crippen MR) is 109 cm³/mol. The molecule has 0 radical (unpaired) electrons. The van der Waals surface area contributed by atoms with Crippen LogP contribution in [0, 0.1) is 11.3 Å². The van der Waals surface area contributed by atoms with E-state index in [9.17, 15) is 8.78 Å². The minimum Gasteiger partial charge on any atom is -0.463 e. The van der Waals surface area contributed by atoms with Crippen LogP contribution in [-0.4, -0.2) is 41.8 Å². The maximum atomic E-state index is 12.9. The van der Waals surface area contributed by atoms with E-state index in [0.717, 1.165) is 37.5 Å². The average molecular weight is 417 g/mol. The minimum atomic E-state index is -2.89. The van der Waals surface area contributed by atoms with Crippen molar-refractivity contribution in [3.8, 4) is 5.19 Å². The average Bonchev–Trinajstić information content (AvgIpc) is 2.79. The SMILES string of the molecule is FC(F)(P)COc1nc2c(s1)CCN(CCC13CCCC(CC1)CC3)CC2. The largest absolute Gasteiger partial charge is 0.463 e. The number of alkyl halides is 2. The molecule has 3 aliphatic carbocycles. The van der Waals surface area contributed by atoms with Gasteiger partial charge in [-0.3, -0.25) is 0 Å². The highest BCUT2D eigenvalue weighted by Gasteiger charge is 2.37. The Hall–Kier alpha value is -0.320. The summed E-state index contributed by atoms with van der Waals surface area (Å²) in [5, 5.41) is 0.393. The number of thiazole rings is 1. The van der Waals surface area contributed by atoms with E-state index in [1.807, 2.05) is 0 Å². The monoisotopic (exact) mass is 416 g/mol. The molecule has 1 aliphatic heterocycles. The summed E-state index contributed by atoms with van der Waals surface area (Å²) in [7, 11) is 1.51. The van der Waals surface area contributed by atoms with E-state index in [1.165, 1.54) is 83.4 Å². The second-order valence-electron chi connectivity index (χ2n) is 8.83. The smallest absolute Gasteiger partial charge is 0.292 e. The second-order valence-corrected chi connectivity index (χ2v) is 10.7. The zero-order chi connectivity index (χ0) is 18.9. The van der Waals surface area contributed by atoms with Crippen molar-refractivity contribution in [3.05, 3.63) is 10.6 Å². The van der Waals surface area contributed by atoms with Gasteiger partial charge >= 0.3 is 0 Å². The lowest BCUT2D eigenvalue weighted by Gasteiger charge is -2.38. The Morgan fingerprint density at radius 1 is 1.19 bits per heavy atom. The lowest BCUT2D eigenvalue weighted by molar-refractivity contribution is 0.0460. The first-order valence-corrected chi connectivity index (χ1v) is 11.8. The van der Waals surface area contributed by atoms with Crippen LogP contribution < -0.4 is 4.74 Å². The van der Waals surface area contributed by atoms with Crippen molar-refractivity contribution in [2.75, 3.05) is 26.2 Å². The summed E-state index contributed by atoms with van der Waals surface area (Å²) in [6, 6.07) is 0. The Labute approximate surface area is 167 Å². The Morgan fingerprint density at radius 2 is 1.96 bits per heavy atom. The zero-order valence-electron chi connectivity index (χ0n) is 16.0. The van der Waals surface area contributed by atoms with E-state index in [-0.39, 0.29) is 0 Å². The number of fused-ring (bicyclic) bond motifs is 5. The van der Waals surface area contributed by atoms with Gasteiger partial charge < -0.3 is 9.64 Å². The highest BCUT2D eigenvalue weighted by molar-refractivity contribution is 7.18. The summed E-state index contributed by atoms with van der Waals surface area (Å²) in [4.78, 5) is 8.28. The van der Waals surface area contributed by atoms with Gasteiger partial charge in [0, 0.05) is 24.4 Å². The topological polar surface area (TPSA) is 25.4 Å². The molecule has 2 bridgehead atoms. The van der Waals surface area contributed by atoms with Gasteiger partial charge in [0.05, 0.1) is 5.69 Å². The molecule has 5 rings (SSSR count). The van der Waals surface area contributed by atoms with Gasteiger partial charge in [-0.05, 0) is 62.8 Å². The molecule has 3 nitrogen and oxygen atoms in total. The summed E-state index contributed by atoms with van der Waals surface area (Å²) >= 11 is 1.45. The number of halogens is 2. The molecule has 0 amide bonds. The highest BCUT2D eigenvalue weighted by atomic mass is 32.1. The van der Waals surface area contributed by atoms with Crippen molar-refractivity contribution in [3.63, 3.8) is 0 Å².